The van der Waals surface area contributed by atoms with Crippen molar-refractivity contribution in [1.29, 1.82) is 0 Å². The molecule has 2 aromatic rings. The molecule has 0 saturated heterocycles. The molecule has 0 spiro atoms. The Labute approximate surface area is 152 Å². The Balaban J connectivity index is 2.88. The summed E-state index contributed by atoms with van der Waals surface area (Å²) >= 11 is 17.5. The van der Waals surface area contributed by atoms with Crippen molar-refractivity contribution in [3.8, 4) is 11.3 Å². The predicted molar refractivity (Wildman–Crippen MR) is 89.4 cm³/mol. The summed E-state index contributed by atoms with van der Waals surface area (Å²) in [5.41, 5.74) is 0.0909. The first kappa shape index (κ1) is 18.4. The van der Waals surface area contributed by atoms with Gasteiger partial charge in [0.1, 0.15) is 5.56 Å². The molecule has 0 unspecified atom stereocenters. The number of methoxy groups -OCH3 is 2. The molecule has 0 radical (unpaired) electrons. The molecule has 126 valence electrons. The molecule has 1 heterocycles. The number of esters is 2. The van der Waals surface area contributed by atoms with E-state index in [1.165, 1.54) is 7.11 Å². The number of hydrogen-bond donors (Lipinski definition) is 0. The molecule has 0 aliphatic heterocycles. The number of carbonyl (C=O) groups is 2. The Kier molecular flexibility index (Phi) is 5.64. The summed E-state index contributed by atoms with van der Waals surface area (Å²) in [4.78, 5) is 32.3. The van der Waals surface area contributed by atoms with Crippen LogP contribution in [0.25, 0.3) is 11.3 Å². The van der Waals surface area contributed by atoms with Crippen LogP contribution in [0.1, 0.15) is 26.7 Å². The first-order valence-electron chi connectivity index (χ1n) is 6.51. The van der Waals surface area contributed by atoms with Crippen molar-refractivity contribution in [3.05, 3.63) is 47.4 Å². The van der Waals surface area contributed by atoms with E-state index < -0.39 is 15.7 Å². The van der Waals surface area contributed by atoms with Gasteiger partial charge < -0.3 is 9.47 Å². The second-order valence-electron chi connectivity index (χ2n) is 4.47. The van der Waals surface area contributed by atoms with Gasteiger partial charge in [-0.1, -0.05) is 65.1 Å². The fraction of sp³-hybridized carbons (Fsp3) is 0.200. The Morgan fingerprint density at radius 2 is 1.54 bits per heavy atom. The van der Waals surface area contributed by atoms with Gasteiger partial charge in [-0.25, -0.2) is 19.6 Å². The Bertz CT molecular complexity index is 776. The van der Waals surface area contributed by atoms with Gasteiger partial charge in [-0.15, -0.1) is 0 Å². The first-order valence-corrected chi connectivity index (χ1v) is 7.64. The van der Waals surface area contributed by atoms with Crippen molar-refractivity contribution in [2.75, 3.05) is 14.2 Å². The number of rotatable bonds is 3. The van der Waals surface area contributed by atoms with E-state index in [0.29, 0.717) is 5.56 Å². The standard InChI is InChI=1S/C15H11Cl3N2O4/c1-23-12(21)9-10(8-6-4-3-5-7-8)19-14(15(16,17)18)20-11(9)13(22)24-2/h3-7H,1-2H3. The summed E-state index contributed by atoms with van der Waals surface area (Å²) in [6, 6.07) is 8.59. The summed E-state index contributed by atoms with van der Waals surface area (Å²) in [6.45, 7) is 0. The number of alkyl halides is 3. The molecule has 2 rings (SSSR count). The third kappa shape index (κ3) is 3.77. The van der Waals surface area contributed by atoms with Crippen molar-refractivity contribution in [1.82, 2.24) is 9.97 Å². The highest BCUT2D eigenvalue weighted by Gasteiger charge is 2.34. The second kappa shape index (κ2) is 7.34. The molecule has 1 aromatic heterocycles. The van der Waals surface area contributed by atoms with Gasteiger partial charge in [0.25, 0.3) is 0 Å². The van der Waals surface area contributed by atoms with Crippen molar-refractivity contribution < 1.29 is 19.1 Å². The number of carbonyl (C=O) groups excluding carboxylic acids is 2. The fourth-order valence-electron chi connectivity index (χ4n) is 1.93. The van der Waals surface area contributed by atoms with E-state index in [2.05, 4.69) is 14.7 Å². The lowest BCUT2D eigenvalue weighted by atomic mass is 10.0. The molecule has 0 saturated carbocycles. The normalized spacial score (nSPS) is 11.0. The SMILES string of the molecule is COC(=O)c1nc(C(Cl)(Cl)Cl)nc(-c2ccccc2)c1C(=O)OC. The van der Waals surface area contributed by atoms with E-state index in [-0.39, 0.29) is 22.8 Å². The quantitative estimate of drug-likeness (QED) is 0.590. The Morgan fingerprint density at radius 3 is 2.04 bits per heavy atom. The molecule has 0 atom stereocenters. The topological polar surface area (TPSA) is 78.4 Å². The van der Waals surface area contributed by atoms with Gasteiger partial charge in [0.15, 0.2) is 11.5 Å². The van der Waals surface area contributed by atoms with E-state index in [9.17, 15) is 9.59 Å². The zero-order valence-electron chi connectivity index (χ0n) is 12.5. The summed E-state index contributed by atoms with van der Waals surface area (Å²) in [5, 5.41) is 0. The molecule has 1 aromatic carbocycles. The van der Waals surface area contributed by atoms with Crippen LogP contribution in [0.2, 0.25) is 0 Å². The van der Waals surface area contributed by atoms with Gasteiger partial charge in [-0.3, -0.25) is 0 Å². The van der Waals surface area contributed by atoms with Crippen LogP contribution in [-0.4, -0.2) is 36.1 Å². The molecule has 0 aliphatic carbocycles. The molecular formula is C15H11Cl3N2O4. The smallest absolute Gasteiger partial charge is 0.357 e. The minimum absolute atomic E-state index is 0.0965. The maximum Gasteiger partial charge on any atom is 0.357 e. The van der Waals surface area contributed by atoms with E-state index in [1.54, 1.807) is 30.3 Å². The molecule has 0 N–H and O–H groups in total. The Morgan fingerprint density at radius 1 is 0.958 bits per heavy atom. The maximum absolute atomic E-state index is 12.2. The van der Waals surface area contributed by atoms with Gasteiger partial charge in [0, 0.05) is 5.56 Å². The maximum atomic E-state index is 12.2. The van der Waals surface area contributed by atoms with Crippen molar-refractivity contribution in [2.24, 2.45) is 0 Å². The van der Waals surface area contributed by atoms with Crippen LogP contribution >= 0.6 is 34.8 Å². The lowest BCUT2D eigenvalue weighted by molar-refractivity contribution is 0.0549. The molecule has 24 heavy (non-hydrogen) atoms. The summed E-state index contributed by atoms with van der Waals surface area (Å²) in [5.74, 6) is -1.96. The van der Waals surface area contributed by atoms with Crippen molar-refractivity contribution >= 4 is 46.7 Å². The lowest BCUT2D eigenvalue weighted by Gasteiger charge is -2.16. The zero-order valence-corrected chi connectivity index (χ0v) is 14.8. The number of halogens is 3. The molecule has 0 bridgehead atoms. The third-order valence-corrected chi connectivity index (χ3v) is 3.49. The monoisotopic (exact) mass is 388 g/mol. The van der Waals surface area contributed by atoms with Crippen LogP contribution < -0.4 is 0 Å². The van der Waals surface area contributed by atoms with Crippen LogP contribution in [0.15, 0.2) is 30.3 Å². The van der Waals surface area contributed by atoms with Gasteiger partial charge in [0.05, 0.1) is 19.9 Å². The van der Waals surface area contributed by atoms with E-state index in [1.807, 2.05) is 0 Å². The number of aromatic nitrogens is 2. The molecular weight excluding hydrogens is 379 g/mol. The van der Waals surface area contributed by atoms with Crippen LogP contribution in [-0.2, 0) is 13.3 Å². The van der Waals surface area contributed by atoms with Crippen molar-refractivity contribution in [2.45, 2.75) is 3.79 Å². The number of hydrogen-bond acceptors (Lipinski definition) is 6. The highest BCUT2D eigenvalue weighted by Crippen LogP contribution is 2.38. The largest absolute Gasteiger partial charge is 0.465 e. The minimum atomic E-state index is -2.00. The molecule has 0 amide bonds. The number of benzene rings is 1. The summed E-state index contributed by atoms with van der Waals surface area (Å²) in [6.07, 6.45) is 0. The molecule has 9 heteroatoms. The Hall–Kier alpha value is -1.89. The van der Waals surface area contributed by atoms with Crippen molar-refractivity contribution in [3.63, 3.8) is 0 Å². The van der Waals surface area contributed by atoms with Gasteiger partial charge >= 0.3 is 11.9 Å². The second-order valence-corrected chi connectivity index (χ2v) is 6.75. The molecule has 0 fully saturated rings. The van der Waals surface area contributed by atoms with E-state index in [0.717, 1.165) is 7.11 Å². The molecule has 0 aliphatic rings. The van der Waals surface area contributed by atoms with Crippen LogP contribution in [0.4, 0.5) is 0 Å². The van der Waals surface area contributed by atoms with Crippen LogP contribution in [0.5, 0.6) is 0 Å². The van der Waals surface area contributed by atoms with Crippen LogP contribution in [0.3, 0.4) is 0 Å². The number of nitrogens with zero attached hydrogens (tertiary/aromatic N) is 2. The molecule has 6 nitrogen and oxygen atoms in total. The van der Waals surface area contributed by atoms with Gasteiger partial charge in [0.2, 0.25) is 3.79 Å². The fourth-order valence-corrected chi connectivity index (χ4v) is 2.19. The first-order chi connectivity index (χ1) is 11.3. The summed E-state index contributed by atoms with van der Waals surface area (Å²) < 4.78 is 7.40. The number of ether oxygens (including phenoxy) is 2. The van der Waals surface area contributed by atoms with E-state index in [4.69, 9.17) is 39.5 Å². The lowest BCUT2D eigenvalue weighted by Crippen LogP contribution is -2.21. The van der Waals surface area contributed by atoms with Gasteiger partial charge in [-0.2, -0.15) is 0 Å². The minimum Gasteiger partial charge on any atom is -0.465 e. The zero-order chi connectivity index (χ0) is 17.9. The van der Waals surface area contributed by atoms with Crippen LogP contribution in [0, 0.1) is 0 Å². The third-order valence-electron chi connectivity index (χ3n) is 2.98. The highest BCUT2D eigenvalue weighted by atomic mass is 35.6. The van der Waals surface area contributed by atoms with E-state index >= 15 is 0 Å². The average Bonchev–Trinajstić information content (AvgIpc) is 2.59. The average molecular weight is 390 g/mol. The van der Waals surface area contributed by atoms with Gasteiger partial charge in [-0.05, 0) is 0 Å². The summed E-state index contributed by atoms with van der Waals surface area (Å²) in [7, 11) is 2.31. The highest BCUT2D eigenvalue weighted by molar-refractivity contribution is 6.66. The predicted octanol–water partition coefficient (Wildman–Crippen LogP) is 3.54.